The van der Waals surface area contributed by atoms with Gasteiger partial charge in [-0.15, -0.1) is 0 Å². The number of nitrogens with two attached hydrogens (primary N) is 3. The van der Waals surface area contributed by atoms with E-state index in [1.54, 1.807) is 0 Å². The summed E-state index contributed by atoms with van der Waals surface area (Å²) in [6.45, 7) is 0. The molecule has 58 heavy (non-hydrogen) atoms. The Labute approximate surface area is 338 Å². The smallest absolute Gasteiger partial charge is 0.305 e. The average molecular weight is 904 g/mol. The van der Waals surface area contributed by atoms with E-state index in [2.05, 4.69) is 29.9 Å². The first-order valence-corrected chi connectivity index (χ1v) is 14.6. The molecule has 27 nitrogen and oxygen atoms in total. The first kappa shape index (κ1) is 57.4. The Morgan fingerprint density at radius 1 is 0.500 bits per heavy atom. The SMILES string of the molecule is N[C@@H](CC(=O)O)C(=O)[O-].N[C@@H](CC(=O)O)C(=O)[O-].N[C@@H](CC(=O)O)C(=O)[O-].O=C([O-])C=Cc1cnc[nH]1.O=C([O-])C=Cc1cnc[nH]1.O=C([O-])C=Cc1cnc[nH]1.[Mo]. The monoisotopic (exact) mass is 905 g/mol. The van der Waals surface area contributed by atoms with Crippen LogP contribution >= 0.6 is 0 Å². The number of carboxylic acids is 9. The molecule has 0 saturated heterocycles. The molecule has 3 aromatic rings. The fourth-order valence-electron chi connectivity index (χ4n) is 2.36. The predicted octanol–water partition coefficient (Wildman–Crippen LogP) is -9.87. The number of rotatable bonds is 15. The van der Waals surface area contributed by atoms with Gasteiger partial charge in [-0.2, -0.15) is 0 Å². The molecule has 3 heterocycles. The Balaban J connectivity index is -0.000000301. The number of carbonyl (C=O) groups excluding carboxylic acids is 6. The molecule has 3 rings (SSSR count). The van der Waals surface area contributed by atoms with Gasteiger partial charge in [0.15, 0.2) is 0 Å². The van der Waals surface area contributed by atoms with Gasteiger partial charge in [0.05, 0.1) is 128 Å². The van der Waals surface area contributed by atoms with Gasteiger partial charge in [0.25, 0.3) is 0 Å². The summed E-state index contributed by atoms with van der Waals surface area (Å²) in [6, 6.07) is -4.20. The first-order chi connectivity index (χ1) is 26.5. The number of nitrogens with zero attached hydrogens (tertiary/aromatic N) is 3. The van der Waals surface area contributed by atoms with Gasteiger partial charge in [0.2, 0.25) is 0 Å². The largest absolute Gasteiger partial charge is 0.548 e. The number of aromatic amines is 3. The van der Waals surface area contributed by atoms with Crippen molar-refractivity contribution in [1.82, 2.24) is 29.9 Å². The number of hydrogen-bond acceptors (Lipinski definition) is 21. The van der Waals surface area contributed by atoms with E-state index in [1.807, 2.05) is 0 Å². The molecular formula is C30H33MoN9O18-6. The van der Waals surface area contributed by atoms with Crippen LogP contribution in [0.5, 0.6) is 0 Å². The maximum atomic E-state index is 9.86. The Bertz CT molecular complexity index is 1570. The van der Waals surface area contributed by atoms with Crippen LogP contribution in [0.3, 0.4) is 0 Å². The molecule has 0 unspecified atom stereocenters. The molecule has 0 radical (unpaired) electrons. The van der Waals surface area contributed by atoms with Crippen molar-refractivity contribution in [3.63, 3.8) is 0 Å². The van der Waals surface area contributed by atoms with Gasteiger partial charge in [-0.1, -0.05) is 0 Å². The second kappa shape index (κ2) is 34.2. The number of imidazole rings is 3. The van der Waals surface area contributed by atoms with Crippen LogP contribution in [0.2, 0.25) is 0 Å². The van der Waals surface area contributed by atoms with Crippen LogP contribution in [0, 0.1) is 0 Å². The van der Waals surface area contributed by atoms with Crippen molar-refractivity contribution in [2.45, 2.75) is 37.4 Å². The molecule has 28 heteroatoms. The van der Waals surface area contributed by atoms with Gasteiger partial charge >= 0.3 is 17.9 Å². The van der Waals surface area contributed by atoms with E-state index in [0.29, 0.717) is 17.1 Å². The molecule has 3 atom stereocenters. The van der Waals surface area contributed by atoms with Gasteiger partial charge < -0.3 is 107 Å². The van der Waals surface area contributed by atoms with Crippen molar-refractivity contribution >= 4 is 72.0 Å². The summed E-state index contributed by atoms with van der Waals surface area (Å²) >= 11 is 0. The summed E-state index contributed by atoms with van der Waals surface area (Å²) in [7, 11) is 0. The molecule has 0 saturated carbocycles. The van der Waals surface area contributed by atoms with Crippen molar-refractivity contribution in [3.05, 3.63) is 72.9 Å². The normalized spacial score (nSPS) is 11.2. The van der Waals surface area contributed by atoms with Crippen molar-refractivity contribution in [1.29, 1.82) is 0 Å². The molecule has 0 aromatic carbocycles. The van der Waals surface area contributed by atoms with E-state index < -0.39 is 91.1 Å². The topological polar surface area (TPSA) is 517 Å². The third-order valence-electron chi connectivity index (χ3n) is 4.85. The number of carboxylic acid groups (broad SMARTS) is 9. The summed E-state index contributed by atoms with van der Waals surface area (Å²) in [5.41, 5.74) is 16.3. The Kier molecular flexibility index (Phi) is 33.8. The quantitative estimate of drug-likeness (QED) is 0.0505. The molecule has 0 aliphatic carbocycles. The third-order valence-corrected chi connectivity index (χ3v) is 4.85. The zero-order chi connectivity index (χ0) is 44.5. The minimum absolute atomic E-state index is 0. The Hall–Kier alpha value is -7.35. The van der Waals surface area contributed by atoms with Crippen molar-refractivity contribution in [3.8, 4) is 0 Å². The summed E-state index contributed by atoms with van der Waals surface area (Å²) in [5, 5.41) is 82.7. The number of nitrogens with one attached hydrogen (secondary N) is 3. The summed E-state index contributed by atoms with van der Waals surface area (Å²) < 4.78 is 0. The van der Waals surface area contributed by atoms with E-state index in [0.717, 1.165) is 18.2 Å². The molecule has 3 aromatic heterocycles. The molecule has 0 aliphatic rings. The summed E-state index contributed by atoms with van der Waals surface area (Å²) in [5.74, 6) is -12.0. The van der Waals surface area contributed by atoms with Crippen LogP contribution in [0.1, 0.15) is 36.3 Å². The number of H-pyrrole nitrogens is 3. The molecule has 0 aliphatic heterocycles. The van der Waals surface area contributed by atoms with Crippen molar-refractivity contribution in [2.24, 2.45) is 17.2 Å². The number of hydrogen-bond donors (Lipinski definition) is 9. The predicted molar refractivity (Wildman–Crippen MR) is 174 cm³/mol. The Morgan fingerprint density at radius 3 is 0.810 bits per heavy atom. The van der Waals surface area contributed by atoms with Gasteiger partial charge in [-0.25, -0.2) is 15.0 Å². The number of carbonyl (C=O) groups is 9. The fraction of sp³-hybridized carbons (Fsp3) is 0.200. The second-order valence-electron chi connectivity index (χ2n) is 9.55. The minimum atomic E-state index is -1.54. The third kappa shape index (κ3) is 39.8. The zero-order valence-electron chi connectivity index (χ0n) is 29.2. The zero-order valence-corrected chi connectivity index (χ0v) is 31.2. The molecule has 0 spiro atoms. The van der Waals surface area contributed by atoms with Crippen LogP contribution in [0.25, 0.3) is 18.2 Å². The molecule has 0 bridgehead atoms. The van der Waals surface area contributed by atoms with Crippen LogP contribution in [-0.4, -0.2) is 117 Å². The van der Waals surface area contributed by atoms with Crippen molar-refractivity contribution < 1.29 is 110 Å². The molecule has 12 N–H and O–H groups in total. The van der Waals surface area contributed by atoms with Gasteiger partial charge in [0.1, 0.15) is 0 Å². The maximum Gasteiger partial charge on any atom is 0.305 e. The standard InChI is InChI=1S/3C6H6N2O2.3C4H7NO4.Mo/c3*9-6(10)2-1-5-3-7-4-8-5;3*5-2(4(8)9)1-3(6)7;/h3*1-4H,(H,7,8)(H,9,10);3*2H,1,5H2,(H,6,7)(H,8,9);/p-6/t;;;3*2-;/m...000./s1. The van der Waals surface area contributed by atoms with Crippen LogP contribution in [-0.2, 0) is 64.2 Å². The van der Waals surface area contributed by atoms with E-state index in [9.17, 15) is 73.8 Å². The van der Waals surface area contributed by atoms with Gasteiger partial charge in [0, 0.05) is 21.1 Å². The van der Waals surface area contributed by atoms with Crippen LogP contribution < -0.4 is 47.8 Å². The van der Waals surface area contributed by atoms with E-state index >= 15 is 0 Å². The second-order valence-corrected chi connectivity index (χ2v) is 9.55. The van der Waals surface area contributed by atoms with Crippen LogP contribution in [0.15, 0.2) is 55.8 Å². The number of aliphatic carboxylic acids is 9. The number of aromatic nitrogens is 6. The molecule has 318 valence electrons. The summed E-state index contributed by atoms with van der Waals surface area (Å²) in [6.07, 6.45) is 14.1. The van der Waals surface area contributed by atoms with Crippen molar-refractivity contribution in [2.75, 3.05) is 0 Å². The fourth-order valence-corrected chi connectivity index (χ4v) is 2.36. The molecule has 0 amide bonds. The average Bonchev–Trinajstić information content (AvgIpc) is 3.91. The van der Waals surface area contributed by atoms with E-state index in [1.165, 1.54) is 55.8 Å². The maximum absolute atomic E-state index is 9.86. The van der Waals surface area contributed by atoms with E-state index in [4.69, 9.17) is 32.5 Å². The van der Waals surface area contributed by atoms with Gasteiger partial charge in [-0.05, 0) is 36.5 Å². The molecule has 0 fully saturated rings. The minimum Gasteiger partial charge on any atom is -0.548 e. The first-order valence-electron chi connectivity index (χ1n) is 14.6. The van der Waals surface area contributed by atoms with Gasteiger partial charge in [-0.3, -0.25) is 14.4 Å². The Morgan fingerprint density at radius 2 is 0.707 bits per heavy atom. The molecular weight excluding hydrogens is 870 g/mol. The van der Waals surface area contributed by atoms with E-state index in [-0.39, 0.29) is 21.1 Å². The summed E-state index contributed by atoms with van der Waals surface area (Å²) in [4.78, 5) is 107. The van der Waals surface area contributed by atoms with Crippen LogP contribution in [0.4, 0.5) is 0 Å².